The second-order valence-corrected chi connectivity index (χ2v) is 8.71. The van der Waals surface area contributed by atoms with E-state index in [4.69, 9.17) is 9.97 Å². The third kappa shape index (κ3) is 3.82. The number of aromatic nitrogens is 3. The van der Waals surface area contributed by atoms with Gasteiger partial charge in [0, 0.05) is 19.3 Å². The predicted octanol–water partition coefficient (Wildman–Crippen LogP) is 4.01. The van der Waals surface area contributed by atoms with Gasteiger partial charge in [-0.05, 0) is 56.2 Å². The van der Waals surface area contributed by atoms with Crippen LogP contribution in [-0.2, 0) is 12.8 Å². The first-order valence-corrected chi connectivity index (χ1v) is 11.7. The number of nitrogens with zero attached hydrogens (tertiary/aromatic N) is 5. The predicted molar refractivity (Wildman–Crippen MR) is 130 cm³/mol. The van der Waals surface area contributed by atoms with E-state index < -0.39 is 0 Å². The molecule has 0 amide bonds. The summed E-state index contributed by atoms with van der Waals surface area (Å²) < 4.78 is 2.30. The lowest BCUT2D eigenvalue weighted by Crippen LogP contribution is -2.35. The van der Waals surface area contributed by atoms with Crippen LogP contribution in [-0.4, -0.2) is 34.9 Å². The molecule has 0 aliphatic carbocycles. The van der Waals surface area contributed by atoms with Crippen LogP contribution in [0, 0.1) is 31.1 Å². The summed E-state index contributed by atoms with van der Waals surface area (Å²) in [5.41, 5.74) is 7.58. The Morgan fingerprint density at radius 3 is 2.48 bits per heavy atom. The molecule has 0 saturated carbocycles. The number of benzene rings is 1. The van der Waals surface area contributed by atoms with E-state index in [0.717, 1.165) is 68.7 Å². The van der Waals surface area contributed by atoms with E-state index in [0.29, 0.717) is 0 Å². The molecule has 1 aliphatic heterocycles. The molecule has 31 heavy (non-hydrogen) atoms. The summed E-state index contributed by atoms with van der Waals surface area (Å²) in [6.07, 6.45) is 6.21. The fraction of sp³-hybridized carbons (Fsp3) is 0.480. The van der Waals surface area contributed by atoms with Crippen molar-refractivity contribution in [3.63, 3.8) is 0 Å². The summed E-state index contributed by atoms with van der Waals surface area (Å²) in [4.78, 5) is 12.1. The molecule has 3 heterocycles. The van der Waals surface area contributed by atoms with Gasteiger partial charge in [-0.2, -0.15) is 5.26 Å². The summed E-state index contributed by atoms with van der Waals surface area (Å²) in [5, 5.41) is 10.6. The smallest absolute Gasteiger partial charge is 0.154 e. The van der Waals surface area contributed by atoms with Gasteiger partial charge in [-0.1, -0.05) is 38.3 Å². The van der Waals surface area contributed by atoms with Crippen molar-refractivity contribution in [3.05, 3.63) is 40.8 Å². The van der Waals surface area contributed by atoms with Gasteiger partial charge < -0.3 is 9.47 Å². The maximum Gasteiger partial charge on any atom is 0.154 e. The minimum Gasteiger partial charge on any atom is -0.355 e. The van der Waals surface area contributed by atoms with Gasteiger partial charge in [0.1, 0.15) is 11.6 Å². The van der Waals surface area contributed by atoms with E-state index in [1.54, 1.807) is 0 Å². The molecule has 3 aromatic rings. The van der Waals surface area contributed by atoms with Crippen molar-refractivity contribution in [2.75, 3.05) is 18.0 Å². The minimum atomic E-state index is 0.0708. The largest absolute Gasteiger partial charge is 0.355 e. The Labute approximate surface area is 186 Å². The van der Waals surface area contributed by atoms with Gasteiger partial charge in [0.25, 0.3) is 0 Å². The number of anilines is 1. The van der Waals surface area contributed by atoms with E-state index in [9.17, 15) is 5.26 Å². The molecule has 0 spiro atoms. The van der Waals surface area contributed by atoms with Gasteiger partial charge in [0.2, 0.25) is 0 Å². The third-order valence-corrected chi connectivity index (χ3v) is 6.57. The van der Waals surface area contributed by atoms with Crippen LogP contribution < -0.4 is 10.4 Å². The van der Waals surface area contributed by atoms with Gasteiger partial charge in [0.15, 0.2) is 12.9 Å². The summed E-state index contributed by atoms with van der Waals surface area (Å²) in [7, 11) is 1.05. The molecule has 5 nitrogen and oxygen atoms in total. The second kappa shape index (κ2) is 8.74. The topological polar surface area (TPSA) is 57.7 Å². The maximum absolute atomic E-state index is 9.48. The molecule has 1 unspecified atom stereocenters. The van der Waals surface area contributed by atoms with Crippen molar-refractivity contribution in [2.24, 2.45) is 5.92 Å². The van der Waals surface area contributed by atoms with Crippen LogP contribution in [0.2, 0.25) is 6.82 Å². The molecule has 4 rings (SSSR count). The molecule has 0 radical (unpaired) electrons. The Bertz CT molecular complexity index is 1130. The van der Waals surface area contributed by atoms with Gasteiger partial charge in [0.05, 0.1) is 23.1 Å². The Balaban J connectivity index is 1.95. The zero-order valence-electron chi connectivity index (χ0n) is 19.5. The van der Waals surface area contributed by atoms with Crippen LogP contribution in [0.25, 0.3) is 16.7 Å². The van der Waals surface area contributed by atoms with Gasteiger partial charge in [-0.15, -0.1) is 0 Å². The lowest BCUT2D eigenvalue weighted by molar-refractivity contribution is 0.491. The van der Waals surface area contributed by atoms with Crippen molar-refractivity contribution >= 4 is 29.6 Å². The Hall–Kier alpha value is -2.81. The fourth-order valence-electron chi connectivity index (χ4n) is 4.95. The number of hydrogen-bond acceptors (Lipinski definition) is 4. The highest BCUT2D eigenvalue weighted by Crippen LogP contribution is 2.34. The van der Waals surface area contributed by atoms with Crippen LogP contribution in [0.1, 0.15) is 49.2 Å². The lowest BCUT2D eigenvalue weighted by Gasteiger charge is -2.31. The summed E-state index contributed by atoms with van der Waals surface area (Å²) in [6, 6.07) is 7.17. The average Bonchev–Trinajstić information content (AvgIpc) is 3.12. The van der Waals surface area contributed by atoms with Crippen LogP contribution >= 0.6 is 0 Å². The third-order valence-electron chi connectivity index (χ3n) is 6.57. The van der Waals surface area contributed by atoms with Crippen LogP contribution in [0.5, 0.6) is 0 Å². The molecule has 6 heteroatoms. The van der Waals surface area contributed by atoms with Crippen molar-refractivity contribution in [1.82, 2.24) is 14.5 Å². The number of fused-ring (bicyclic) bond motifs is 1. The molecule has 0 bridgehead atoms. The summed E-state index contributed by atoms with van der Waals surface area (Å²) in [5.74, 6) is 1.84. The number of rotatable bonds is 5. The Kier molecular flexibility index (Phi) is 6.04. The van der Waals surface area contributed by atoms with Gasteiger partial charge in [-0.25, -0.2) is 9.97 Å². The number of hydrogen-bond donors (Lipinski definition) is 0. The SMILES string of the molecule is CBc1cc(CC)c(-n2cc(C)c3c(N4CCCC(C#N)C4)nc(C)nc32)c(CC)c1. The van der Waals surface area contributed by atoms with Crippen LogP contribution in [0.15, 0.2) is 18.3 Å². The zero-order valence-corrected chi connectivity index (χ0v) is 19.5. The molecular weight excluding hydrogens is 381 g/mol. The van der Waals surface area contributed by atoms with E-state index in [-0.39, 0.29) is 5.92 Å². The van der Waals surface area contributed by atoms with Gasteiger partial charge >= 0.3 is 0 Å². The molecular formula is C25H32BN5. The van der Waals surface area contributed by atoms with Crippen molar-refractivity contribution in [2.45, 2.75) is 60.2 Å². The molecule has 1 aromatic carbocycles. The summed E-state index contributed by atoms with van der Waals surface area (Å²) in [6.45, 7) is 12.5. The molecule has 1 aliphatic rings. The average molecular weight is 413 g/mol. The lowest BCUT2D eigenvalue weighted by atomic mass is 9.71. The number of nitriles is 1. The Morgan fingerprint density at radius 2 is 1.87 bits per heavy atom. The van der Waals surface area contributed by atoms with Crippen molar-refractivity contribution < 1.29 is 0 Å². The monoisotopic (exact) mass is 413 g/mol. The zero-order chi connectivity index (χ0) is 22.1. The van der Waals surface area contributed by atoms with E-state index >= 15 is 0 Å². The number of aryl methyl sites for hydroxylation is 4. The molecule has 2 aromatic heterocycles. The second-order valence-electron chi connectivity index (χ2n) is 8.71. The normalized spacial score (nSPS) is 16.5. The van der Waals surface area contributed by atoms with E-state index in [1.807, 2.05) is 6.92 Å². The quantitative estimate of drug-likeness (QED) is 0.593. The van der Waals surface area contributed by atoms with Crippen LogP contribution in [0.4, 0.5) is 5.82 Å². The molecule has 0 N–H and O–H groups in total. The van der Waals surface area contributed by atoms with E-state index in [1.165, 1.54) is 27.8 Å². The number of piperidine rings is 1. The first-order valence-electron chi connectivity index (χ1n) is 11.7. The molecule has 1 atom stereocenters. The van der Waals surface area contributed by atoms with Gasteiger partial charge in [-0.3, -0.25) is 0 Å². The Morgan fingerprint density at radius 1 is 1.16 bits per heavy atom. The van der Waals surface area contributed by atoms with Crippen molar-refractivity contribution in [1.29, 1.82) is 5.26 Å². The maximum atomic E-state index is 9.48. The van der Waals surface area contributed by atoms with E-state index in [2.05, 4.69) is 61.5 Å². The first kappa shape index (κ1) is 21.4. The highest BCUT2D eigenvalue weighted by molar-refractivity contribution is 6.52. The summed E-state index contributed by atoms with van der Waals surface area (Å²) >= 11 is 0. The highest BCUT2D eigenvalue weighted by Gasteiger charge is 2.25. The minimum absolute atomic E-state index is 0.0708. The standard InChI is InChI=1S/C25H32BN5/c1-6-19-11-21(26-5)12-20(7-2)23(19)31-14-16(3)22-24(28-17(4)29-25(22)31)30-10-8-9-18(13-27)15-30/h11-12,14,18,26H,6-10,15H2,1-5H3. The fourth-order valence-corrected chi connectivity index (χ4v) is 4.95. The first-order chi connectivity index (χ1) is 15.0. The molecule has 1 saturated heterocycles. The van der Waals surface area contributed by atoms with Crippen LogP contribution in [0.3, 0.4) is 0 Å². The highest BCUT2D eigenvalue weighted by atomic mass is 15.2. The van der Waals surface area contributed by atoms with Crippen molar-refractivity contribution in [3.8, 4) is 11.8 Å². The molecule has 160 valence electrons. The molecule has 1 fully saturated rings.